The normalized spacial score (nSPS) is 24.3. The molecule has 4 aromatic rings. The van der Waals surface area contributed by atoms with Gasteiger partial charge in [-0.1, -0.05) is 25.1 Å². The first-order valence-electron chi connectivity index (χ1n) is 18.8. The molecule has 11 nitrogen and oxygen atoms in total. The van der Waals surface area contributed by atoms with Gasteiger partial charge in [0.15, 0.2) is 12.6 Å². The fraction of sp³-hybridized carbons (Fsp3) is 0.550. The summed E-state index contributed by atoms with van der Waals surface area (Å²) in [5.74, 6) is 0.418. The van der Waals surface area contributed by atoms with E-state index in [0.29, 0.717) is 48.6 Å². The van der Waals surface area contributed by atoms with Crippen molar-refractivity contribution in [1.29, 1.82) is 0 Å². The fourth-order valence-electron chi connectivity index (χ4n) is 9.02. The molecule has 13 heteroatoms. The van der Waals surface area contributed by atoms with Crippen molar-refractivity contribution in [3.63, 3.8) is 0 Å². The minimum Gasteiger partial charge on any atom is -0.468 e. The lowest BCUT2D eigenvalue weighted by molar-refractivity contribution is 0.0122. The molecule has 2 aromatic heterocycles. The number of amides is 1. The molecule has 1 amide bonds. The highest BCUT2D eigenvalue weighted by Gasteiger charge is 2.50. The van der Waals surface area contributed by atoms with Crippen LogP contribution in [0.2, 0.25) is 0 Å². The van der Waals surface area contributed by atoms with Gasteiger partial charge in [-0.05, 0) is 87.9 Å². The van der Waals surface area contributed by atoms with E-state index >= 15 is 4.39 Å². The maximum Gasteiger partial charge on any atom is 0.410 e. The summed E-state index contributed by atoms with van der Waals surface area (Å²) in [6.07, 6.45) is 4.95. The van der Waals surface area contributed by atoms with Crippen LogP contribution < -0.4 is 14.4 Å². The van der Waals surface area contributed by atoms with Crippen LogP contribution in [0.1, 0.15) is 65.4 Å². The van der Waals surface area contributed by atoms with Crippen molar-refractivity contribution in [1.82, 2.24) is 24.8 Å². The molecular formula is C40H48F2N6O5. The minimum absolute atomic E-state index is 0.0327. The Bertz CT molecular complexity index is 2030. The van der Waals surface area contributed by atoms with Crippen LogP contribution in [0, 0.1) is 5.82 Å². The highest BCUT2D eigenvalue weighted by Crippen LogP contribution is 2.43. The van der Waals surface area contributed by atoms with Gasteiger partial charge < -0.3 is 23.8 Å². The molecule has 6 heterocycles. The number of aryl methyl sites for hydroxylation is 1. The fourth-order valence-corrected chi connectivity index (χ4v) is 9.02. The van der Waals surface area contributed by atoms with Gasteiger partial charge in [0.05, 0.1) is 23.0 Å². The number of hydrogen-bond acceptors (Lipinski definition) is 10. The van der Waals surface area contributed by atoms with Crippen LogP contribution in [0.25, 0.3) is 32.9 Å². The second-order valence-electron chi connectivity index (χ2n) is 15.9. The third-order valence-electron chi connectivity index (χ3n) is 11.3. The predicted octanol–water partition coefficient (Wildman–Crippen LogP) is 7.07. The van der Waals surface area contributed by atoms with Crippen LogP contribution in [0.5, 0.6) is 11.8 Å². The van der Waals surface area contributed by atoms with Crippen LogP contribution in [0.3, 0.4) is 0 Å². The highest BCUT2D eigenvalue weighted by atomic mass is 19.1. The number of fused-ring (bicyclic) bond motifs is 5. The van der Waals surface area contributed by atoms with Gasteiger partial charge in [-0.3, -0.25) is 14.8 Å². The number of methoxy groups -OCH3 is 1. The molecule has 0 aliphatic carbocycles. The summed E-state index contributed by atoms with van der Waals surface area (Å²) in [6, 6.07) is 9.54. The molecule has 0 N–H and O–H groups in total. The Morgan fingerprint density at radius 1 is 1.08 bits per heavy atom. The number of carbonyl (C=O) groups excluding carboxylic acids is 1. The molecule has 4 atom stereocenters. The SMILES string of the molecule is CCc1cccc2cc(OCOC)cc(-c3ncc4c(N5C[C@@H]6CC[C@@H](C5)N6C(=O)OC(C)(C)C)nc(OC[C@]56CCCN5C[C@@H](F)C6)nc4c3F)c12. The summed E-state index contributed by atoms with van der Waals surface area (Å²) < 4.78 is 55.1. The summed E-state index contributed by atoms with van der Waals surface area (Å²) >= 11 is 0. The van der Waals surface area contributed by atoms with E-state index in [-0.39, 0.29) is 48.8 Å². The number of hydrogen-bond donors (Lipinski definition) is 0. The molecule has 4 saturated heterocycles. The van der Waals surface area contributed by atoms with E-state index in [1.165, 1.54) is 0 Å². The first-order valence-corrected chi connectivity index (χ1v) is 18.8. The molecule has 53 heavy (non-hydrogen) atoms. The molecule has 0 unspecified atom stereocenters. The Balaban J connectivity index is 1.22. The average molecular weight is 731 g/mol. The van der Waals surface area contributed by atoms with Crippen molar-refractivity contribution in [2.45, 2.75) is 95.6 Å². The molecule has 4 fully saturated rings. The Kier molecular flexibility index (Phi) is 9.29. The molecule has 0 spiro atoms. The Morgan fingerprint density at radius 2 is 1.87 bits per heavy atom. The summed E-state index contributed by atoms with van der Waals surface area (Å²) in [6.45, 7) is 10.1. The molecular weight excluding hydrogens is 682 g/mol. The van der Waals surface area contributed by atoms with Gasteiger partial charge in [0.2, 0.25) is 0 Å². The third-order valence-corrected chi connectivity index (χ3v) is 11.3. The molecule has 282 valence electrons. The molecule has 4 aliphatic heterocycles. The van der Waals surface area contributed by atoms with Crippen LogP contribution >= 0.6 is 0 Å². The average Bonchev–Trinajstić information content (AvgIpc) is 3.75. The number of nitrogens with zero attached hydrogens (tertiary/aromatic N) is 6. The second kappa shape index (κ2) is 13.8. The van der Waals surface area contributed by atoms with Gasteiger partial charge >= 0.3 is 12.1 Å². The predicted molar refractivity (Wildman–Crippen MR) is 198 cm³/mol. The lowest BCUT2D eigenvalue weighted by Crippen LogP contribution is -2.57. The van der Waals surface area contributed by atoms with Gasteiger partial charge in [-0.2, -0.15) is 9.97 Å². The van der Waals surface area contributed by atoms with Crippen molar-refractivity contribution in [2.75, 3.05) is 51.6 Å². The van der Waals surface area contributed by atoms with Gasteiger partial charge in [-0.15, -0.1) is 0 Å². The smallest absolute Gasteiger partial charge is 0.410 e. The van der Waals surface area contributed by atoms with Crippen molar-refractivity contribution in [2.24, 2.45) is 0 Å². The number of carbonyl (C=O) groups is 1. The molecule has 0 saturated carbocycles. The number of halogens is 2. The zero-order chi connectivity index (χ0) is 37.1. The molecule has 8 rings (SSSR count). The first-order chi connectivity index (χ1) is 25.5. The number of alkyl halides is 1. The number of ether oxygens (including phenoxy) is 4. The maximum absolute atomic E-state index is 17.3. The van der Waals surface area contributed by atoms with Gasteiger partial charge in [0.1, 0.15) is 41.2 Å². The summed E-state index contributed by atoms with van der Waals surface area (Å²) in [4.78, 5) is 33.8. The summed E-state index contributed by atoms with van der Waals surface area (Å²) in [7, 11) is 1.55. The van der Waals surface area contributed by atoms with Crippen LogP contribution in [-0.2, 0) is 15.9 Å². The standard InChI is InChI=1S/C40H48F2N6O5/c1-6-24-9-7-10-25-15-29(52-23-50-5)16-30(32(24)25)34-33(42)35-31(18-43-34)36(45-37(44-35)51-22-40-13-8-14-47(40)19-26(41)17-40)46-20-27-11-12-28(21-46)48(27)38(49)53-39(2,3)4/h7,9-10,15-16,18,26-28H,6,8,11-14,17,19-23H2,1-5H3/t26-,27-,28-,40+/m0/s1. The number of aromatic nitrogens is 3. The Labute approximate surface area is 308 Å². The summed E-state index contributed by atoms with van der Waals surface area (Å²) in [5, 5.41) is 2.22. The van der Waals surface area contributed by atoms with Gasteiger partial charge in [0, 0.05) is 44.9 Å². The van der Waals surface area contributed by atoms with Crippen molar-refractivity contribution in [3.05, 3.63) is 47.9 Å². The second-order valence-corrected chi connectivity index (χ2v) is 15.9. The van der Waals surface area contributed by atoms with E-state index in [2.05, 4.69) is 16.7 Å². The van der Waals surface area contributed by atoms with Crippen LogP contribution in [0.4, 0.5) is 19.4 Å². The highest BCUT2D eigenvalue weighted by molar-refractivity contribution is 6.01. The van der Waals surface area contributed by atoms with Crippen molar-refractivity contribution < 1.29 is 32.5 Å². The lowest BCUT2D eigenvalue weighted by Gasteiger charge is -2.42. The minimum atomic E-state index is -0.915. The van der Waals surface area contributed by atoms with E-state index in [4.69, 9.17) is 33.9 Å². The van der Waals surface area contributed by atoms with Gasteiger partial charge in [0.25, 0.3) is 0 Å². The monoisotopic (exact) mass is 730 g/mol. The number of rotatable bonds is 9. The largest absolute Gasteiger partial charge is 0.468 e. The Morgan fingerprint density at radius 3 is 2.60 bits per heavy atom. The van der Waals surface area contributed by atoms with Crippen LogP contribution in [-0.4, -0.2) is 107 Å². The van der Waals surface area contributed by atoms with E-state index in [1.54, 1.807) is 19.4 Å². The van der Waals surface area contributed by atoms with Crippen molar-refractivity contribution in [3.8, 4) is 23.0 Å². The zero-order valence-electron chi connectivity index (χ0n) is 31.2. The maximum atomic E-state index is 17.3. The van der Waals surface area contributed by atoms with Crippen LogP contribution in [0.15, 0.2) is 36.5 Å². The lowest BCUT2D eigenvalue weighted by atomic mass is 9.95. The number of benzene rings is 2. The molecule has 4 aliphatic rings. The van der Waals surface area contributed by atoms with Gasteiger partial charge in [-0.25, -0.2) is 13.6 Å². The number of pyridine rings is 1. The van der Waals surface area contributed by atoms with E-state index < -0.39 is 23.1 Å². The zero-order valence-corrected chi connectivity index (χ0v) is 31.2. The summed E-state index contributed by atoms with van der Waals surface area (Å²) in [5.41, 5.74) is 0.795. The van der Waals surface area contributed by atoms with E-state index in [9.17, 15) is 9.18 Å². The third kappa shape index (κ3) is 6.60. The molecule has 2 bridgehead atoms. The first kappa shape index (κ1) is 35.7. The quantitative estimate of drug-likeness (QED) is 0.166. The van der Waals surface area contributed by atoms with E-state index in [1.807, 2.05) is 49.9 Å². The van der Waals surface area contributed by atoms with E-state index in [0.717, 1.165) is 55.0 Å². The molecule has 2 aromatic carbocycles. The molecule has 0 radical (unpaired) electrons. The number of piperazine rings is 1. The Hall–Kier alpha value is -4.36. The number of anilines is 1. The van der Waals surface area contributed by atoms with Crippen molar-refractivity contribution >= 4 is 33.6 Å². The topological polar surface area (TPSA) is 102 Å².